The van der Waals surface area contributed by atoms with Gasteiger partial charge in [0.1, 0.15) is 0 Å². The fourth-order valence-corrected chi connectivity index (χ4v) is 3.14. The molecule has 0 aliphatic carbocycles. The second-order valence-electron chi connectivity index (χ2n) is 6.61. The molecule has 24 heavy (non-hydrogen) atoms. The van der Waals surface area contributed by atoms with Gasteiger partial charge in [-0.3, -0.25) is 13.8 Å². The summed E-state index contributed by atoms with van der Waals surface area (Å²) in [5, 5.41) is 8.04. The van der Waals surface area contributed by atoms with Gasteiger partial charge in [-0.05, 0) is 44.5 Å². The number of fused-ring (bicyclic) bond motifs is 1. The van der Waals surface area contributed by atoms with Gasteiger partial charge in [0, 0.05) is 32.4 Å². The average Bonchev–Trinajstić information content (AvgIpc) is 2.97. The lowest BCUT2D eigenvalue weighted by molar-refractivity contribution is 0.444. The predicted molar refractivity (Wildman–Crippen MR) is 96.2 cm³/mol. The largest absolute Gasteiger partial charge is 0.328 e. The maximum absolute atomic E-state index is 12.0. The normalized spacial score (nSPS) is 12.9. The number of rotatable bonds is 5. The molecular weight excluding hydrogens is 302 g/mol. The Hall–Kier alpha value is -2.34. The van der Waals surface area contributed by atoms with E-state index in [-0.39, 0.29) is 5.69 Å². The monoisotopic (exact) mass is 327 g/mol. The zero-order valence-electron chi connectivity index (χ0n) is 15.0. The van der Waals surface area contributed by atoms with Crippen molar-refractivity contribution in [3.8, 4) is 0 Å². The highest BCUT2D eigenvalue weighted by atomic mass is 16.1. The maximum Gasteiger partial charge on any atom is 0.328 e. The van der Waals surface area contributed by atoms with E-state index in [1.807, 2.05) is 24.7 Å². The Balaban J connectivity index is 1.70. The fraction of sp³-hybridized carbons (Fsp3) is 0.444. The smallest absolute Gasteiger partial charge is 0.308 e. The number of aryl methyl sites for hydroxylation is 4. The van der Waals surface area contributed by atoms with Crippen molar-refractivity contribution in [3.63, 3.8) is 0 Å². The van der Waals surface area contributed by atoms with Crippen molar-refractivity contribution in [1.29, 1.82) is 0 Å². The number of hydrogen-bond donors (Lipinski definition) is 1. The first-order valence-corrected chi connectivity index (χ1v) is 8.25. The lowest BCUT2D eigenvalue weighted by Crippen LogP contribution is -2.30. The van der Waals surface area contributed by atoms with E-state index in [1.165, 1.54) is 11.3 Å². The summed E-state index contributed by atoms with van der Waals surface area (Å²) in [4.78, 5) is 12.0. The van der Waals surface area contributed by atoms with E-state index in [9.17, 15) is 4.79 Å². The van der Waals surface area contributed by atoms with Gasteiger partial charge in [0.2, 0.25) is 0 Å². The maximum atomic E-state index is 12.0. The van der Waals surface area contributed by atoms with Crippen molar-refractivity contribution >= 4 is 11.0 Å². The molecule has 3 aromatic rings. The predicted octanol–water partition coefficient (Wildman–Crippen LogP) is 1.87. The van der Waals surface area contributed by atoms with E-state index in [1.54, 1.807) is 16.2 Å². The summed E-state index contributed by atoms with van der Waals surface area (Å²) in [7, 11) is 3.62. The third kappa shape index (κ3) is 3.01. The first-order chi connectivity index (χ1) is 11.4. The van der Waals surface area contributed by atoms with E-state index in [2.05, 4.69) is 42.5 Å². The topological polar surface area (TPSA) is 56.8 Å². The Kier molecular flexibility index (Phi) is 4.32. The molecule has 1 N–H and O–H groups in total. The van der Waals surface area contributed by atoms with Gasteiger partial charge in [0.05, 0.1) is 23.3 Å². The molecule has 0 spiro atoms. The van der Waals surface area contributed by atoms with Gasteiger partial charge in [-0.25, -0.2) is 4.79 Å². The summed E-state index contributed by atoms with van der Waals surface area (Å²) in [6.45, 7) is 7.86. The Morgan fingerprint density at radius 3 is 2.50 bits per heavy atom. The Morgan fingerprint density at radius 2 is 1.83 bits per heavy atom. The van der Waals surface area contributed by atoms with Crippen LogP contribution in [0.3, 0.4) is 0 Å². The molecule has 1 aromatic carbocycles. The first-order valence-electron chi connectivity index (χ1n) is 8.25. The van der Waals surface area contributed by atoms with Crippen LogP contribution in [0.15, 0.2) is 29.1 Å². The van der Waals surface area contributed by atoms with Crippen molar-refractivity contribution in [1.82, 2.24) is 24.2 Å². The standard InChI is InChI=1S/C18H25N5O/c1-12-8-14(3)23(20-12)11-13(2)19-10-15-6-7-16-17(9-15)22(5)18(24)21(16)4/h6-9,13,19H,10-11H2,1-5H3. The highest BCUT2D eigenvalue weighted by molar-refractivity contribution is 5.76. The van der Waals surface area contributed by atoms with Crippen LogP contribution in [0.4, 0.5) is 0 Å². The van der Waals surface area contributed by atoms with Gasteiger partial charge in [0.25, 0.3) is 0 Å². The van der Waals surface area contributed by atoms with Gasteiger partial charge in [-0.2, -0.15) is 5.10 Å². The van der Waals surface area contributed by atoms with Crippen molar-refractivity contribution in [2.75, 3.05) is 0 Å². The zero-order chi connectivity index (χ0) is 17.4. The fourth-order valence-electron chi connectivity index (χ4n) is 3.14. The average molecular weight is 327 g/mol. The summed E-state index contributed by atoms with van der Waals surface area (Å²) >= 11 is 0. The summed E-state index contributed by atoms with van der Waals surface area (Å²) in [6, 6.07) is 8.57. The molecular formula is C18H25N5O. The summed E-state index contributed by atoms with van der Waals surface area (Å²) in [6.07, 6.45) is 0. The molecule has 2 aromatic heterocycles. The number of hydrogen-bond acceptors (Lipinski definition) is 3. The van der Waals surface area contributed by atoms with Crippen molar-refractivity contribution in [2.24, 2.45) is 14.1 Å². The molecule has 0 radical (unpaired) electrons. The quantitative estimate of drug-likeness (QED) is 0.778. The number of nitrogens with zero attached hydrogens (tertiary/aromatic N) is 4. The lowest BCUT2D eigenvalue weighted by Gasteiger charge is -2.15. The van der Waals surface area contributed by atoms with Crippen molar-refractivity contribution in [3.05, 3.63) is 51.7 Å². The third-order valence-corrected chi connectivity index (χ3v) is 4.54. The van der Waals surface area contributed by atoms with Crippen LogP contribution in [0.2, 0.25) is 0 Å². The molecule has 6 nitrogen and oxygen atoms in total. The van der Waals surface area contributed by atoms with Crippen LogP contribution in [-0.2, 0) is 27.2 Å². The lowest BCUT2D eigenvalue weighted by atomic mass is 10.2. The molecule has 6 heteroatoms. The van der Waals surface area contributed by atoms with Crippen molar-refractivity contribution < 1.29 is 0 Å². The molecule has 0 aliphatic rings. The Labute approximate surface area is 141 Å². The highest BCUT2D eigenvalue weighted by Crippen LogP contribution is 2.14. The van der Waals surface area contributed by atoms with Gasteiger partial charge in [-0.1, -0.05) is 6.07 Å². The van der Waals surface area contributed by atoms with Crippen molar-refractivity contribution in [2.45, 2.75) is 39.9 Å². The van der Waals surface area contributed by atoms with Crippen LogP contribution < -0.4 is 11.0 Å². The zero-order valence-corrected chi connectivity index (χ0v) is 15.0. The van der Waals surface area contributed by atoms with Crippen LogP contribution in [0, 0.1) is 13.8 Å². The SMILES string of the molecule is Cc1cc(C)n(CC(C)NCc2ccc3c(c2)n(C)c(=O)n3C)n1. The van der Waals surface area contributed by atoms with Gasteiger partial charge < -0.3 is 5.32 Å². The minimum atomic E-state index is 0.00741. The van der Waals surface area contributed by atoms with E-state index in [4.69, 9.17) is 0 Å². The summed E-state index contributed by atoms with van der Waals surface area (Å²) in [5.74, 6) is 0. The van der Waals surface area contributed by atoms with Crippen LogP contribution in [0.25, 0.3) is 11.0 Å². The molecule has 0 saturated heterocycles. The minimum Gasteiger partial charge on any atom is -0.308 e. The summed E-state index contributed by atoms with van der Waals surface area (Å²) < 4.78 is 5.41. The van der Waals surface area contributed by atoms with Gasteiger partial charge >= 0.3 is 5.69 Å². The molecule has 0 aliphatic heterocycles. The van der Waals surface area contributed by atoms with E-state index < -0.39 is 0 Å². The number of nitrogens with one attached hydrogen (secondary N) is 1. The molecule has 1 atom stereocenters. The molecule has 1 unspecified atom stereocenters. The molecule has 128 valence electrons. The van der Waals surface area contributed by atoms with Gasteiger partial charge in [0.15, 0.2) is 0 Å². The van der Waals surface area contributed by atoms with Crippen LogP contribution >= 0.6 is 0 Å². The minimum absolute atomic E-state index is 0.00741. The second-order valence-corrected chi connectivity index (χ2v) is 6.61. The summed E-state index contributed by atoms with van der Waals surface area (Å²) in [5.41, 5.74) is 5.34. The van der Waals surface area contributed by atoms with E-state index >= 15 is 0 Å². The molecule has 2 heterocycles. The van der Waals surface area contributed by atoms with Crippen LogP contribution in [0.1, 0.15) is 23.9 Å². The molecule has 0 bridgehead atoms. The second kappa shape index (κ2) is 6.28. The van der Waals surface area contributed by atoms with Gasteiger partial charge in [-0.15, -0.1) is 0 Å². The molecule has 0 fully saturated rings. The highest BCUT2D eigenvalue weighted by Gasteiger charge is 2.10. The van der Waals surface area contributed by atoms with E-state index in [0.717, 1.165) is 29.8 Å². The first kappa shape index (κ1) is 16.5. The Morgan fingerprint density at radius 1 is 1.12 bits per heavy atom. The Bertz CT molecular complexity index is 931. The van der Waals surface area contributed by atoms with E-state index in [0.29, 0.717) is 6.04 Å². The molecule has 0 saturated carbocycles. The van der Waals surface area contributed by atoms with Crippen LogP contribution in [-0.4, -0.2) is 25.0 Å². The number of aromatic nitrogens is 4. The molecule has 0 amide bonds. The number of benzene rings is 1. The third-order valence-electron chi connectivity index (χ3n) is 4.54. The molecule has 3 rings (SSSR count). The van der Waals surface area contributed by atoms with Crippen LogP contribution in [0.5, 0.6) is 0 Å². The number of imidazole rings is 1.